The van der Waals surface area contributed by atoms with Gasteiger partial charge in [0.2, 0.25) is 0 Å². The molecule has 1 aliphatic rings. The molecule has 218 valence electrons. The summed E-state index contributed by atoms with van der Waals surface area (Å²) in [4.78, 5) is 39.0. The largest absolute Gasteiger partial charge is 0.480 e. The van der Waals surface area contributed by atoms with E-state index >= 15 is 0 Å². The molecular formula is C30H43N3O6Si. The van der Waals surface area contributed by atoms with Gasteiger partial charge in [0.05, 0.1) is 6.61 Å². The molecule has 0 spiro atoms. The van der Waals surface area contributed by atoms with Gasteiger partial charge < -0.3 is 29.8 Å². The summed E-state index contributed by atoms with van der Waals surface area (Å²) in [5.41, 5.74) is -0.575. The third-order valence-electron chi connectivity index (χ3n) is 6.97. The molecule has 1 fully saturated rings. The second-order valence-electron chi connectivity index (χ2n) is 12.2. The standard InChI is InChI=1S/C30H43N3O6Si/c1-29(2,3)39-28(37)33-19-17-22(18-20-33)31-27(36)32-25(26(34)35)21-38-40(30(4,5)6,23-13-9-7-10-14-23)24-15-11-8-12-16-24/h7-16,22,25H,17-21H2,1-6H3,(H,34,35)(H2,31,32,36)/t25-/m0/s1. The van der Waals surface area contributed by atoms with E-state index in [0.717, 1.165) is 10.4 Å². The van der Waals surface area contributed by atoms with Crippen LogP contribution in [0.25, 0.3) is 0 Å². The molecule has 0 radical (unpaired) electrons. The van der Waals surface area contributed by atoms with Gasteiger partial charge >= 0.3 is 18.1 Å². The Labute approximate surface area is 238 Å². The van der Waals surface area contributed by atoms with Crippen molar-refractivity contribution in [2.75, 3.05) is 19.7 Å². The van der Waals surface area contributed by atoms with Crippen molar-refractivity contribution in [3.8, 4) is 0 Å². The molecule has 2 aromatic carbocycles. The summed E-state index contributed by atoms with van der Waals surface area (Å²) in [5, 5.41) is 17.2. The summed E-state index contributed by atoms with van der Waals surface area (Å²) < 4.78 is 12.1. The van der Waals surface area contributed by atoms with E-state index < -0.39 is 32.0 Å². The molecule has 0 unspecified atom stereocenters. The molecule has 3 amide bonds. The van der Waals surface area contributed by atoms with Crippen LogP contribution < -0.4 is 21.0 Å². The Kier molecular flexibility index (Phi) is 10.0. The second-order valence-corrected chi connectivity index (χ2v) is 16.5. The molecule has 40 heavy (non-hydrogen) atoms. The number of carboxylic acid groups (broad SMARTS) is 1. The quantitative estimate of drug-likeness (QED) is 0.417. The van der Waals surface area contributed by atoms with Gasteiger partial charge in [0.25, 0.3) is 8.32 Å². The van der Waals surface area contributed by atoms with Gasteiger partial charge in [-0.2, -0.15) is 0 Å². The maximum absolute atomic E-state index is 12.9. The van der Waals surface area contributed by atoms with Gasteiger partial charge in [-0.25, -0.2) is 14.4 Å². The van der Waals surface area contributed by atoms with Gasteiger partial charge in [-0.3, -0.25) is 0 Å². The van der Waals surface area contributed by atoms with Crippen molar-refractivity contribution < 1.29 is 28.7 Å². The monoisotopic (exact) mass is 569 g/mol. The number of amides is 3. The first-order valence-electron chi connectivity index (χ1n) is 13.8. The van der Waals surface area contributed by atoms with E-state index in [1.807, 2.05) is 81.4 Å². The summed E-state index contributed by atoms with van der Waals surface area (Å²) in [7, 11) is -2.97. The zero-order valence-electron chi connectivity index (χ0n) is 24.4. The van der Waals surface area contributed by atoms with Gasteiger partial charge in [-0.05, 0) is 49.0 Å². The highest BCUT2D eigenvalue weighted by Crippen LogP contribution is 2.36. The van der Waals surface area contributed by atoms with E-state index in [1.165, 1.54) is 0 Å². The summed E-state index contributed by atoms with van der Waals surface area (Å²) in [6.45, 7) is 12.5. The Morgan fingerprint density at radius 3 is 1.85 bits per heavy atom. The van der Waals surface area contributed by atoms with Crippen LogP contribution >= 0.6 is 0 Å². The van der Waals surface area contributed by atoms with Crippen molar-refractivity contribution in [2.24, 2.45) is 0 Å². The van der Waals surface area contributed by atoms with E-state index in [9.17, 15) is 19.5 Å². The Bertz CT molecular complexity index is 1100. The highest BCUT2D eigenvalue weighted by atomic mass is 28.4. The lowest BCUT2D eigenvalue weighted by Gasteiger charge is -2.43. The number of rotatable bonds is 8. The number of benzene rings is 2. The molecule has 0 aromatic heterocycles. The third-order valence-corrected chi connectivity index (χ3v) is 12.0. The molecular weight excluding hydrogens is 526 g/mol. The average molecular weight is 570 g/mol. The molecule has 3 N–H and O–H groups in total. The molecule has 1 saturated heterocycles. The normalized spacial score (nSPS) is 15.7. The Morgan fingerprint density at radius 1 is 0.925 bits per heavy atom. The van der Waals surface area contributed by atoms with Crippen molar-refractivity contribution in [1.82, 2.24) is 15.5 Å². The molecule has 2 aromatic rings. The summed E-state index contributed by atoms with van der Waals surface area (Å²) in [6.07, 6.45) is 0.716. The number of hydrogen-bond donors (Lipinski definition) is 3. The Morgan fingerprint density at radius 2 is 1.43 bits per heavy atom. The molecule has 10 heteroatoms. The topological polar surface area (TPSA) is 117 Å². The number of ether oxygens (including phenoxy) is 1. The fourth-order valence-electron chi connectivity index (χ4n) is 5.06. The van der Waals surface area contributed by atoms with Crippen LogP contribution in [0.5, 0.6) is 0 Å². The van der Waals surface area contributed by atoms with Gasteiger partial charge in [-0.1, -0.05) is 81.4 Å². The highest BCUT2D eigenvalue weighted by molar-refractivity contribution is 6.99. The number of carbonyl (C=O) groups excluding carboxylic acids is 2. The molecule has 1 aliphatic heterocycles. The molecule has 0 saturated carbocycles. The van der Waals surface area contributed by atoms with Crippen LogP contribution in [-0.2, 0) is 14.0 Å². The number of hydrogen-bond acceptors (Lipinski definition) is 5. The van der Waals surface area contributed by atoms with Crippen molar-refractivity contribution in [1.29, 1.82) is 0 Å². The first-order chi connectivity index (χ1) is 18.7. The number of likely N-dealkylation sites (tertiary alicyclic amines) is 1. The first-order valence-corrected chi connectivity index (χ1v) is 15.7. The fraction of sp³-hybridized carbons (Fsp3) is 0.500. The van der Waals surface area contributed by atoms with Crippen LogP contribution in [0.15, 0.2) is 60.7 Å². The first kappa shape index (κ1) is 31.2. The van der Waals surface area contributed by atoms with E-state index in [2.05, 4.69) is 31.4 Å². The summed E-state index contributed by atoms with van der Waals surface area (Å²) >= 11 is 0. The summed E-state index contributed by atoms with van der Waals surface area (Å²) in [6, 6.07) is 17.9. The smallest absolute Gasteiger partial charge is 0.410 e. The van der Waals surface area contributed by atoms with E-state index in [-0.39, 0.29) is 23.8 Å². The minimum absolute atomic E-state index is 0.187. The lowest BCUT2D eigenvalue weighted by molar-refractivity contribution is -0.140. The number of nitrogens with one attached hydrogen (secondary N) is 2. The Balaban J connectivity index is 1.69. The number of aliphatic carboxylic acids is 1. The fourth-order valence-corrected chi connectivity index (χ4v) is 9.63. The van der Waals surface area contributed by atoms with Gasteiger partial charge in [0, 0.05) is 19.1 Å². The van der Waals surface area contributed by atoms with Crippen LogP contribution in [0.4, 0.5) is 9.59 Å². The molecule has 0 bridgehead atoms. The summed E-state index contributed by atoms with van der Waals surface area (Å²) in [5.74, 6) is -1.17. The van der Waals surface area contributed by atoms with Crippen LogP contribution in [0.2, 0.25) is 5.04 Å². The molecule has 1 heterocycles. The maximum Gasteiger partial charge on any atom is 0.410 e. The molecule has 9 nitrogen and oxygen atoms in total. The Hall–Kier alpha value is -3.37. The second kappa shape index (κ2) is 12.9. The lowest BCUT2D eigenvalue weighted by atomic mass is 10.1. The van der Waals surface area contributed by atoms with E-state index in [0.29, 0.717) is 25.9 Å². The average Bonchev–Trinajstić information content (AvgIpc) is 2.88. The minimum atomic E-state index is -2.97. The van der Waals surface area contributed by atoms with Crippen molar-refractivity contribution in [3.05, 3.63) is 60.7 Å². The van der Waals surface area contributed by atoms with Gasteiger partial charge in [0.1, 0.15) is 5.60 Å². The van der Waals surface area contributed by atoms with E-state index in [4.69, 9.17) is 9.16 Å². The minimum Gasteiger partial charge on any atom is -0.480 e. The molecule has 3 rings (SSSR count). The highest BCUT2D eigenvalue weighted by Gasteiger charge is 2.50. The maximum atomic E-state index is 12.9. The zero-order chi connectivity index (χ0) is 29.6. The van der Waals surface area contributed by atoms with Crippen LogP contribution in [0.3, 0.4) is 0 Å². The molecule has 1 atom stereocenters. The number of piperidine rings is 1. The predicted molar refractivity (Wildman–Crippen MR) is 157 cm³/mol. The lowest BCUT2D eigenvalue weighted by Crippen LogP contribution is -2.67. The number of nitrogens with zero attached hydrogens (tertiary/aromatic N) is 1. The number of carbonyl (C=O) groups is 3. The zero-order valence-corrected chi connectivity index (χ0v) is 25.4. The van der Waals surface area contributed by atoms with Crippen LogP contribution in [0, 0.1) is 0 Å². The number of urea groups is 1. The van der Waals surface area contributed by atoms with Crippen molar-refractivity contribution in [2.45, 2.75) is 77.1 Å². The SMILES string of the molecule is CC(C)(C)OC(=O)N1CCC(NC(=O)N[C@@H](CO[Si](c2ccccc2)(c2ccccc2)C(C)(C)C)C(=O)O)CC1. The van der Waals surface area contributed by atoms with E-state index in [1.54, 1.807) is 4.90 Å². The number of carboxylic acids is 1. The van der Waals surface area contributed by atoms with Crippen molar-refractivity contribution in [3.63, 3.8) is 0 Å². The van der Waals surface area contributed by atoms with Gasteiger partial charge in [-0.15, -0.1) is 0 Å². The predicted octanol–water partition coefficient (Wildman–Crippen LogP) is 3.71. The van der Waals surface area contributed by atoms with Crippen LogP contribution in [-0.4, -0.2) is 73.8 Å². The van der Waals surface area contributed by atoms with Crippen LogP contribution in [0.1, 0.15) is 54.4 Å². The molecule has 0 aliphatic carbocycles. The van der Waals surface area contributed by atoms with Crippen molar-refractivity contribution >= 4 is 36.8 Å². The third kappa shape index (κ3) is 7.85. The van der Waals surface area contributed by atoms with Gasteiger partial charge in [0.15, 0.2) is 6.04 Å².